The van der Waals surface area contributed by atoms with Gasteiger partial charge in [-0.2, -0.15) is 0 Å². The van der Waals surface area contributed by atoms with E-state index in [2.05, 4.69) is 13.2 Å². The van der Waals surface area contributed by atoms with Gasteiger partial charge in [-0.15, -0.1) is 0 Å². The highest BCUT2D eigenvalue weighted by atomic mass is 13.7. The molecule has 0 radical (unpaired) electrons. The molecule has 0 aliphatic carbocycles. The van der Waals surface area contributed by atoms with Crippen molar-refractivity contribution in [3.05, 3.63) is 68.2 Å². The SMILES string of the molecule is C=C/C=C/C=C/[CH+]/C=C/C=C. The van der Waals surface area contributed by atoms with Gasteiger partial charge in [0.15, 0.2) is 0 Å². The minimum Gasteiger partial charge on any atom is -0.0990 e. The molecule has 0 aromatic rings. The van der Waals surface area contributed by atoms with Gasteiger partial charge in [0.05, 0.1) is 0 Å². The molecule has 56 valence electrons. The summed E-state index contributed by atoms with van der Waals surface area (Å²) in [5.41, 5.74) is 0. The standard InChI is InChI=1S/C11H13/c1-3-5-7-9-11-10-8-6-4-2/h3-11H,1-2H2/q+1/b7-5+,8-6+,11-9+. The average Bonchev–Trinajstić information content (AvgIpc) is 2.03. The third-order valence-corrected chi connectivity index (χ3v) is 0.939. The van der Waals surface area contributed by atoms with Gasteiger partial charge in [-0.3, -0.25) is 0 Å². The van der Waals surface area contributed by atoms with Gasteiger partial charge < -0.3 is 0 Å². The van der Waals surface area contributed by atoms with Crippen LogP contribution in [0.1, 0.15) is 0 Å². The van der Waals surface area contributed by atoms with Crippen LogP contribution in [0.4, 0.5) is 0 Å². The molecule has 0 aliphatic rings. The first-order valence-electron chi connectivity index (χ1n) is 3.48. The van der Waals surface area contributed by atoms with E-state index in [-0.39, 0.29) is 0 Å². The number of hydrogen-bond acceptors (Lipinski definition) is 0. The van der Waals surface area contributed by atoms with Gasteiger partial charge in [0, 0.05) is 30.7 Å². The van der Waals surface area contributed by atoms with E-state index >= 15 is 0 Å². The van der Waals surface area contributed by atoms with Crippen LogP contribution >= 0.6 is 0 Å². The first kappa shape index (κ1) is 9.57. The smallest absolute Gasteiger partial charge is 0.0466 e. The lowest BCUT2D eigenvalue weighted by atomic mass is 10.3. The molecule has 0 atom stereocenters. The molecule has 11 heavy (non-hydrogen) atoms. The van der Waals surface area contributed by atoms with Crippen molar-refractivity contribution >= 4 is 0 Å². The van der Waals surface area contributed by atoms with Crippen LogP contribution in [0, 0.1) is 6.42 Å². The van der Waals surface area contributed by atoms with E-state index in [9.17, 15) is 0 Å². The van der Waals surface area contributed by atoms with E-state index in [1.807, 2.05) is 42.9 Å². The Labute approximate surface area is 68.9 Å². The highest BCUT2D eigenvalue weighted by molar-refractivity contribution is 5.17. The normalized spacial score (nSPS) is 11.3. The summed E-state index contributed by atoms with van der Waals surface area (Å²) in [5.74, 6) is 0. The Morgan fingerprint density at radius 3 is 2.00 bits per heavy atom. The third kappa shape index (κ3) is 8.57. The first-order chi connectivity index (χ1) is 5.41. The fourth-order valence-corrected chi connectivity index (χ4v) is 0.478. The lowest BCUT2D eigenvalue weighted by molar-refractivity contribution is 1.73. The predicted molar refractivity (Wildman–Crippen MR) is 52.1 cm³/mol. The quantitative estimate of drug-likeness (QED) is 0.411. The monoisotopic (exact) mass is 145 g/mol. The fraction of sp³-hybridized carbons (Fsp3) is 0. The molecular formula is C11H13+. The zero-order valence-electron chi connectivity index (χ0n) is 6.61. The Kier molecular flexibility index (Phi) is 7.46. The van der Waals surface area contributed by atoms with Crippen molar-refractivity contribution in [1.29, 1.82) is 0 Å². The van der Waals surface area contributed by atoms with Gasteiger partial charge >= 0.3 is 0 Å². The van der Waals surface area contributed by atoms with Crippen LogP contribution in [0.5, 0.6) is 0 Å². The lowest BCUT2D eigenvalue weighted by Crippen LogP contribution is -1.57. The topological polar surface area (TPSA) is 0 Å². The molecule has 0 nitrogen and oxygen atoms in total. The van der Waals surface area contributed by atoms with E-state index in [4.69, 9.17) is 0 Å². The molecule has 0 saturated carbocycles. The summed E-state index contributed by atoms with van der Waals surface area (Å²) in [7, 11) is 0. The second-order valence-corrected chi connectivity index (χ2v) is 1.82. The second-order valence-electron chi connectivity index (χ2n) is 1.82. The summed E-state index contributed by atoms with van der Waals surface area (Å²) in [6, 6.07) is 0. The zero-order chi connectivity index (χ0) is 8.36. The lowest BCUT2D eigenvalue weighted by Gasteiger charge is -1.68. The highest BCUT2D eigenvalue weighted by Crippen LogP contribution is 1.85. The molecule has 0 heterocycles. The maximum atomic E-state index is 3.55. The van der Waals surface area contributed by atoms with Crippen molar-refractivity contribution in [2.75, 3.05) is 0 Å². The molecule has 0 bridgehead atoms. The minimum atomic E-state index is 1.74. The molecule has 0 aromatic heterocycles. The van der Waals surface area contributed by atoms with Gasteiger partial charge in [-0.05, 0) is 18.2 Å². The number of hydrogen-bond donors (Lipinski definition) is 0. The molecule has 0 spiro atoms. The summed E-state index contributed by atoms with van der Waals surface area (Å²) in [6.07, 6.45) is 16.9. The van der Waals surface area contributed by atoms with Crippen LogP contribution in [-0.2, 0) is 0 Å². The molecular weight excluding hydrogens is 132 g/mol. The molecule has 0 fully saturated rings. The Bertz CT molecular complexity index is 180. The van der Waals surface area contributed by atoms with Crippen LogP contribution in [0.25, 0.3) is 0 Å². The largest absolute Gasteiger partial charge is 0.0990 e. The molecule has 0 aliphatic heterocycles. The Morgan fingerprint density at radius 2 is 1.36 bits per heavy atom. The molecule has 0 N–H and O–H groups in total. The maximum absolute atomic E-state index is 3.55. The van der Waals surface area contributed by atoms with E-state index < -0.39 is 0 Å². The van der Waals surface area contributed by atoms with Crippen molar-refractivity contribution in [1.82, 2.24) is 0 Å². The number of allylic oxidation sites excluding steroid dienone is 8. The third-order valence-electron chi connectivity index (χ3n) is 0.939. The van der Waals surface area contributed by atoms with Crippen LogP contribution in [0.15, 0.2) is 61.8 Å². The summed E-state index contributed by atoms with van der Waals surface area (Å²) < 4.78 is 0. The molecule has 0 rings (SSSR count). The Morgan fingerprint density at radius 1 is 0.727 bits per heavy atom. The van der Waals surface area contributed by atoms with Crippen LogP contribution in [-0.4, -0.2) is 0 Å². The Hall–Kier alpha value is -1.43. The van der Waals surface area contributed by atoms with Crippen LogP contribution < -0.4 is 0 Å². The molecule has 0 unspecified atom stereocenters. The number of rotatable bonds is 5. The zero-order valence-corrected chi connectivity index (χ0v) is 6.61. The van der Waals surface area contributed by atoms with Gasteiger partial charge in [0.1, 0.15) is 0 Å². The summed E-state index contributed by atoms with van der Waals surface area (Å²) in [6.45, 7) is 7.10. The van der Waals surface area contributed by atoms with Gasteiger partial charge in [-0.1, -0.05) is 19.2 Å². The van der Waals surface area contributed by atoms with Crippen molar-refractivity contribution < 1.29 is 0 Å². The minimum absolute atomic E-state index is 1.74. The van der Waals surface area contributed by atoms with E-state index in [1.165, 1.54) is 0 Å². The molecule has 0 heteroatoms. The summed E-state index contributed by atoms with van der Waals surface area (Å²) >= 11 is 0. The van der Waals surface area contributed by atoms with Gasteiger partial charge in [0.25, 0.3) is 0 Å². The van der Waals surface area contributed by atoms with Crippen LogP contribution in [0.2, 0.25) is 0 Å². The van der Waals surface area contributed by atoms with Crippen molar-refractivity contribution in [3.63, 3.8) is 0 Å². The predicted octanol–water partition coefficient (Wildman–Crippen LogP) is 3.23. The molecule has 0 aromatic carbocycles. The summed E-state index contributed by atoms with van der Waals surface area (Å²) in [5, 5.41) is 0. The molecule has 0 saturated heterocycles. The molecule has 0 amide bonds. The second kappa shape index (κ2) is 8.57. The highest BCUT2D eigenvalue weighted by Gasteiger charge is 1.74. The van der Waals surface area contributed by atoms with E-state index in [0.29, 0.717) is 0 Å². The maximum Gasteiger partial charge on any atom is 0.0466 e. The van der Waals surface area contributed by atoms with Crippen molar-refractivity contribution in [2.24, 2.45) is 0 Å². The van der Waals surface area contributed by atoms with Gasteiger partial charge in [-0.25, -0.2) is 0 Å². The van der Waals surface area contributed by atoms with E-state index in [0.717, 1.165) is 0 Å². The Balaban J connectivity index is 3.44. The average molecular weight is 145 g/mol. The van der Waals surface area contributed by atoms with Crippen molar-refractivity contribution in [2.45, 2.75) is 0 Å². The fourth-order valence-electron chi connectivity index (χ4n) is 0.478. The van der Waals surface area contributed by atoms with E-state index in [1.54, 1.807) is 12.2 Å². The summed E-state index contributed by atoms with van der Waals surface area (Å²) in [4.78, 5) is 0. The first-order valence-corrected chi connectivity index (χ1v) is 3.48. The van der Waals surface area contributed by atoms with Crippen molar-refractivity contribution in [3.8, 4) is 0 Å². The van der Waals surface area contributed by atoms with Crippen LogP contribution in [0.3, 0.4) is 0 Å². The van der Waals surface area contributed by atoms with Gasteiger partial charge in [0.2, 0.25) is 0 Å².